The van der Waals surface area contributed by atoms with Gasteiger partial charge in [-0.2, -0.15) is 0 Å². The third-order valence-corrected chi connectivity index (χ3v) is 5.21. The van der Waals surface area contributed by atoms with Gasteiger partial charge in [-0.15, -0.1) is 0 Å². The van der Waals surface area contributed by atoms with Gasteiger partial charge >= 0.3 is 0 Å². The van der Waals surface area contributed by atoms with Crippen molar-refractivity contribution in [2.24, 2.45) is 5.92 Å². The van der Waals surface area contributed by atoms with Crippen LogP contribution in [0.5, 0.6) is 0 Å². The van der Waals surface area contributed by atoms with Crippen molar-refractivity contribution in [1.82, 2.24) is 15.1 Å². The van der Waals surface area contributed by atoms with Gasteiger partial charge in [0.2, 0.25) is 23.6 Å². The molecule has 142 valence electrons. The van der Waals surface area contributed by atoms with Gasteiger partial charge in [-0.05, 0) is 25.7 Å². The largest absolute Gasteiger partial charge is 0.351 e. The van der Waals surface area contributed by atoms with Crippen molar-refractivity contribution in [3.05, 3.63) is 0 Å². The van der Waals surface area contributed by atoms with Gasteiger partial charge in [-0.3, -0.25) is 14.4 Å². The molecule has 2 fully saturated rings. The van der Waals surface area contributed by atoms with Gasteiger partial charge in [0.15, 0.2) is 0 Å². The summed E-state index contributed by atoms with van der Waals surface area (Å²) in [7, 11) is 1.57. The molecule has 8 heteroatoms. The van der Waals surface area contributed by atoms with Crippen LogP contribution in [0.3, 0.4) is 0 Å². The van der Waals surface area contributed by atoms with E-state index in [9.17, 15) is 23.2 Å². The molecule has 1 aliphatic carbocycles. The second-order valence-electron chi connectivity index (χ2n) is 7.35. The Bertz CT molecular complexity index is 533. The SMILES string of the molecule is CC(=O)N(C)CC(=O)N1CCCC(NC(=O)CC2CC(F)(F)C2)C1C. The van der Waals surface area contributed by atoms with Crippen molar-refractivity contribution in [2.75, 3.05) is 20.1 Å². The molecule has 0 aromatic heterocycles. The number of likely N-dealkylation sites (tertiary alicyclic amines) is 1. The molecule has 2 rings (SSSR count). The summed E-state index contributed by atoms with van der Waals surface area (Å²) in [4.78, 5) is 38.8. The molecule has 2 atom stereocenters. The molecule has 3 amide bonds. The highest BCUT2D eigenvalue weighted by Gasteiger charge is 2.46. The first-order valence-corrected chi connectivity index (χ1v) is 8.77. The van der Waals surface area contributed by atoms with E-state index in [1.165, 1.54) is 11.8 Å². The van der Waals surface area contributed by atoms with Crippen LogP contribution in [0.15, 0.2) is 0 Å². The van der Waals surface area contributed by atoms with E-state index in [2.05, 4.69) is 5.32 Å². The van der Waals surface area contributed by atoms with Crippen LogP contribution in [-0.4, -0.2) is 65.7 Å². The zero-order valence-corrected chi connectivity index (χ0v) is 15.1. The lowest BCUT2D eigenvalue weighted by Gasteiger charge is -2.41. The standard InChI is InChI=1S/C17H27F2N3O3/c1-11-14(20-15(24)7-13-8-17(18,19)9-13)5-4-6-22(11)16(25)10-21(3)12(2)23/h11,13-14H,4-10H2,1-3H3,(H,20,24). The first kappa shape index (κ1) is 19.6. The Balaban J connectivity index is 1.84. The number of nitrogens with one attached hydrogen (secondary N) is 1. The predicted molar refractivity (Wildman–Crippen MR) is 87.9 cm³/mol. The third kappa shape index (κ3) is 5.12. The summed E-state index contributed by atoms with van der Waals surface area (Å²) in [5, 5.41) is 2.90. The summed E-state index contributed by atoms with van der Waals surface area (Å²) >= 11 is 0. The number of amides is 3. The molecule has 0 radical (unpaired) electrons. The average Bonchev–Trinajstić information content (AvgIpc) is 2.47. The monoisotopic (exact) mass is 359 g/mol. The number of nitrogens with zero attached hydrogens (tertiary/aromatic N) is 2. The minimum Gasteiger partial charge on any atom is -0.351 e. The van der Waals surface area contributed by atoms with Gasteiger partial charge in [0, 0.05) is 51.9 Å². The molecule has 2 aliphatic rings. The number of hydrogen-bond donors (Lipinski definition) is 1. The maximum absolute atomic E-state index is 12.9. The fourth-order valence-electron chi connectivity index (χ4n) is 3.55. The Kier molecular flexibility index (Phi) is 6.00. The molecular weight excluding hydrogens is 332 g/mol. The van der Waals surface area contributed by atoms with Crippen LogP contribution in [0.4, 0.5) is 8.78 Å². The number of halogens is 2. The maximum atomic E-state index is 12.9. The normalized spacial score (nSPS) is 25.9. The Morgan fingerprint density at radius 3 is 2.48 bits per heavy atom. The van der Waals surface area contributed by atoms with Crippen LogP contribution in [0, 0.1) is 5.92 Å². The van der Waals surface area contributed by atoms with E-state index in [-0.39, 0.29) is 61.5 Å². The van der Waals surface area contributed by atoms with Crippen molar-refractivity contribution in [1.29, 1.82) is 0 Å². The molecule has 0 bridgehead atoms. The van der Waals surface area contributed by atoms with Gasteiger partial charge in [-0.1, -0.05) is 0 Å². The first-order chi connectivity index (χ1) is 11.6. The van der Waals surface area contributed by atoms with E-state index in [1.807, 2.05) is 6.92 Å². The van der Waals surface area contributed by atoms with Crippen LogP contribution < -0.4 is 5.32 Å². The zero-order valence-electron chi connectivity index (χ0n) is 15.1. The summed E-state index contributed by atoms with van der Waals surface area (Å²) in [5.41, 5.74) is 0. The highest BCUT2D eigenvalue weighted by molar-refractivity contribution is 5.84. The minimum atomic E-state index is -2.62. The van der Waals surface area contributed by atoms with Gasteiger partial charge in [0.1, 0.15) is 0 Å². The Hall–Kier alpha value is -1.73. The number of carbonyl (C=O) groups excluding carboxylic acids is 3. The van der Waals surface area contributed by atoms with Crippen LogP contribution in [-0.2, 0) is 14.4 Å². The Morgan fingerprint density at radius 2 is 1.92 bits per heavy atom. The lowest BCUT2D eigenvalue weighted by molar-refractivity contribution is -0.142. The van der Waals surface area contributed by atoms with Gasteiger partial charge in [-0.25, -0.2) is 8.78 Å². The second kappa shape index (κ2) is 7.66. The van der Waals surface area contributed by atoms with Gasteiger partial charge in [0.25, 0.3) is 0 Å². The molecule has 1 aliphatic heterocycles. The van der Waals surface area contributed by atoms with Gasteiger partial charge < -0.3 is 15.1 Å². The lowest BCUT2D eigenvalue weighted by Crippen LogP contribution is -2.57. The molecule has 1 saturated heterocycles. The lowest BCUT2D eigenvalue weighted by atomic mass is 9.79. The molecule has 1 saturated carbocycles. The fourth-order valence-corrected chi connectivity index (χ4v) is 3.55. The molecule has 1 heterocycles. The molecule has 0 spiro atoms. The zero-order chi connectivity index (χ0) is 18.8. The average molecular weight is 359 g/mol. The van der Waals surface area contributed by atoms with Crippen LogP contribution in [0.1, 0.15) is 46.0 Å². The van der Waals surface area contributed by atoms with Crippen molar-refractivity contribution in [3.8, 4) is 0 Å². The van der Waals surface area contributed by atoms with E-state index in [0.29, 0.717) is 6.54 Å². The summed E-state index contributed by atoms with van der Waals surface area (Å²) < 4.78 is 25.7. The molecular formula is C17H27F2N3O3. The smallest absolute Gasteiger partial charge is 0.248 e. The second-order valence-corrected chi connectivity index (χ2v) is 7.35. The number of piperidine rings is 1. The number of carbonyl (C=O) groups is 3. The number of hydrogen-bond acceptors (Lipinski definition) is 3. The summed E-state index contributed by atoms with van der Waals surface area (Å²) in [5.74, 6) is -3.43. The summed E-state index contributed by atoms with van der Waals surface area (Å²) in [6.45, 7) is 3.87. The Morgan fingerprint density at radius 1 is 1.28 bits per heavy atom. The summed E-state index contributed by atoms with van der Waals surface area (Å²) in [6.07, 6.45) is 1.18. The Labute approximate surface area is 146 Å². The highest BCUT2D eigenvalue weighted by atomic mass is 19.3. The molecule has 1 N–H and O–H groups in total. The van der Waals surface area contributed by atoms with Crippen molar-refractivity contribution in [3.63, 3.8) is 0 Å². The van der Waals surface area contributed by atoms with Crippen molar-refractivity contribution >= 4 is 17.7 Å². The van der Waals surface area contributed by atoms with Crippen LogP contribution >= 0.6 is 0 Å². The molecule has 0 aromatic carbocycles. The highest BCUT2D eigenvalue weighted by Crippen LogP contribution is 2.43. The quantitative estimate of drug-likeness (QED) is 0.807. The molecule has 6 nitrogen and oxygen atoms in total. The topological polar surface area (TPSA) is 69.7 Å². The van der Waals surface area contributed by atoms with E-state index in [4.69, 9.17) is 0 Å². The van der Waals surface area contributed by atoms with Crippen molar-refractivity contribution < 1.29 is 23.2 Å². The molecule has 0 aromatic rings. The maximum Gasteiger partial charge on any atom is 0.248 e. The molecule has 25 heavy (non-hydrogen) atoms. The minimum absolute atomic E-state index is 0.0114. The molecule has 2 unspecified atom stereocenters. The van der Waals surface area contributed by atoms with E-state index in [0.717, 1.165) is 12.8 Å². The van der Waals surface area contributed by atoms with E-state index >= 15 is 0 Å². The number of likely N-dealkylation sites (N-methyl/N-ethyl adjacent to an activating group) is 1. The number of alkyl halides is 2. The first-order valence-electron chi connectivity index (χ1n) is 8.77. The van der Waals surface area contributed by atoms with Crippen molar-refractivity contribution in [2.45, 2.75) is 64.0 Å². The predicted octanol–water partition coefficient (Wildman–Crippen LogP) is 1.40. The number of rotatable bonds is 5. The van der Waals surface area contributed by atoms with Crippen LogP contribution in [0.2, 0.25) is 0 Å². The van der Waals surface area contributed by atoms with E-state index in [1.54, 1.807) is 11.9 Å². The van der Waals surface area contributed by atoms with Crippen LogP contribution in [0.25, 0.3) is 0 Å². The fraction of sp³-hybridized carbons (Fsp3) is 0.824. The summed E-state index contributed by atoms with van der Waals surface area (Å²) in [6, 6.07) is -0.373. The third-order valence-electron chi connectivity index (χ3n) is 5.21. The van der Waals surface area contributed by atoms with Gasteiger partial charge in [0.05, 0.1) is 6.54 Å². The van der Waals surface area contributed by atoms with E-state index < -0.39 is 5.92 Å².